The van der Waals surface area contributed by atoms with Gasteiger partial charge < -0.3 is 5.73 Å². The summed E-state index contributed by atoms with van der Waals surface area (Å²) in [5, 5.41) is 0.484. The number of hydrogen-bond acceptors (Lipinski definition) is 4. The first-order valence-electron chi connectivity index (χ1n) is 7.86. The van der Waals surface area contributed by atoms with E-state index in [1.807, 2.05) is 24.3 Å². The molecule has 26 heavy (non-hydrogen) atoms. The average Bonchev–Trinajstić information content (AvgIpc) is 2.59. The molecular weight excluding hydrogens is 388 g/mol. The third kappa shape index (κ3) is 2.74. The van der Waals surface area contributed by atoms with E-state index in [-0.39, 0.29) is 4.90 Å². The molecule has 0 aromatic heterocycles. The second kappa shape index (κ2) is 6.23. The summed E-state index contributed by atoms with van der Waals surface area (Å²) >= 11 is 7.70. The number of aryl methyl sites for hydroxylation is 1. The van der Waals surface area contributed by atoms with Crippen LogP contribution in [0.2, 0.25) is 5.02 Å². The largest absolute Gasteiger partial charge is 0.399 e. The SMILES string of the molecule is Cc1cc(N)ccc1S(=O)(=O)N1c2ccccc2Sc2ccc(Cl)cc21. The third-order valence-corrected chi connectivity index (χ3v) is 7.41. The molecule has 4 rings (SSSR count). The number of anilines is 3. The number of sulfonamides is 1. The van der Waals surface area contributed by atoms with Crippen LogP contribution < -0.4 is 10.0 Å². The van der Waals surface area contributed by atoms with Crippen molar-refractivity contribution in [2.75, 3.05) is 10.0 Å². The number of fused-ring (bicyclic) bond motifs is 2. The Morgan fingerprint density at radius 2 is 1.69 bits per heavy atom. The fourth-order valence-corrected chi connectivity index (χ4v) is 6.07. The average molecular weight is 403 g/mol. The van der Waals surface area contributed by atoms with Gasteiger partial charge in [0.2, 0.25) is 0 Å². The highest BCUT2D eigenvalue weighted by molar-refractivity contribution is 8.00. The molecule has 0 spiro atoms. The predicted octanol–water partition coefficient (Wildman–Crippen LogP) is 5.22. The number of para-hydroxylation sites is 1. The number of nitrogens with two attached hydrogens (primary N) is 1. The maximum atomic E-state index is 13.6. The molecule has 0 fully saturated rings. The first kappa shape index (κ1) is 17.3. The molecule has 0 saturated carbocycles. The van der Waals surface area contributed by atoms with Gasteiger partial charge in [-0.2, -0.15) is 0 Å². The summed E-state index contributed by atoms with van der Waals surface area (Å²) in [4.78, 5) is 1.93. The van der Waals surface area contributed by atoms with Crippen LogP contribution in [0.4, 0.5) is 17.1 Å². The Bertz CT molecular complexity index is 1130. The summed E-state index contributed by atoms with van der Waals surface area (Å²) in [7, 11) is -3.85. The summed E-state index contributed by atoms with van der Waals surface area (Å²) in [5.41, 5.74) is 8.09. The highest BCUT2D eigenvalue weighted by atomic mass is 35.5. The van der Waals surface area contributed by atoms with E-state index in [2.05, 4.69) is 0 Å². The number of hydrogen-bond donors (Lipinski definition) is 1. The van der Waals surface area contributed by atoms with Gasteiger partial charge in [0.05, 0.1) is 16.3 Å². The van der Waals surface area contributed by atoms with Crippen LogP contribution in [0, 0.1) is 6.92 Å². The molecular formula is C19H15ClN2O2S2. The van der Waals surface area contributed by atoms with E-state index in [4.69, 9.17) is 17.3 Å². The van der Waals surface area contributed by atoms with E-state index >= 15 is 0 Å². The number of halogens is 1. The Morgan fingerprint density at radius 3 is 2.46 bits per heavy atom. The normalized spacial score (nSPS) is 13.2. The van der Waals surface area contributed by atoms with Crippen molar-refractivity contribution in [3.63, 3.8) is 0 Å². The van der Waals surface area contributed by atoms with Gasteiger partial charge in [-0.25, -0.2) is 12.7 Å². The van der Waals surface area contributed by atoms with E-state index in [1.54, 1.807) is 43.3 Å². The van der Waals surface area contributed by atoms with Gasteiger partial charge in [-0.3, -0.25) is 0 Å². The summed E-state index contributed by atoms with van der Waals surface area (Å²) in [5.74, 6) is 0. The lowest BCUT2D eigenvalue weighted by molar-refractivity contribution is 0.595. The zero-order chi connectivity index (χ0) is 18.5. The highest BCUT2D eigenvalue weighted by Crippen LogP contribution is 2.51. The Kier molecular flexibility index (Phi) is 4.14. The van der Waals surface area contributed by atoms with Gasteiger partial charge in [0.25, 0.3) is 10.0 Å². The van der Waals surface area contributed by atoms with Gasteiger partial charge in [-0.05, 0) is 61.0 Å². The number of benzene rings is 3. The molecule has 1 heterocycles. The highest BCUT2D eigenvalue weighted by Gasteiger charge is 2.34. The maximum absolute atomic E-state index is 13.6. The van der Waals surface area contributed by atoms with Crippen molar-refractivity contribution < 1.29 is 8.42 Å². The molecule has 0 saturated heterocycles. The quantitative estimate of drug-likeness (QED) is 0.596. The topological polar surface area (TPSA) is 63.4 Å². The molecule has 0 aliphatic carbocycles. The monoisotopic (exact) mass is 402 g/mol. The van der Waals surface area contributed by atoms with Crippen LogP contribution in [0.25, 0.3) is 0 Å². The summed E-state index contributed by atoms with van der Waals surface area (Å²) < 4.78 is 28.6. The first-order valence-corrected chi connectivity index (χ1v) is 10.5. The Hall–Kier alpha value is -2.15. The second-order valence-electron chi connectivity index (χ2n) is 5.98. The molecule has 0 amide bonds. The molecule has 0 atom stereocenters. The molecule has 4 nitrogen and oxygen atoms in total. The Labute approximate surface area is 161 Å². The maximum Gasteiger partial charge on any atom is 0.269 e. The van der Waals surface area contributed by atoms with Crippen molar-refractivity contribution in [1.29, 1.82) is 0 Å². The minimum Gasteiger partial charge on any atom is -0.399 e. The molecule has 7 heteroatoms. The fraction of sp³-hybridized carbons (Fsp3) is 0.0526. The van der Waals surface area contributed by atoms with E-state index in [0.717, 1.165) is 9.79 Å². The van der Waals surface area contributed by atoms with E-state index in [0.29, 0.717) is 27.6 Å². The molecule has 3 aromatic carbocycles. The minimum absolute atomic E-state index is 0.222. The lowest BCUT2D eigenvalue weighted by atomic mass is 10.2. The van der Waals surface area contributed by atoms with Crippen molar-refractivity contribution in [2.24, 2.45) is 0 Å². The fourth-order valence-electron chi connectivity index (χ4n) is 3.01. The molecule has 2 N–H and O–H groups in total. The number of rotatable bonds is 2. The van der Waals surface area contributed by atoms with E-state index in [1.165, 1.54) is 16.1 Å². The smallest absolute Gasteiger partial charge is 0.269 e. The molecule has 0 bridgehead atoms. The van der Waals surface area contributed by atoms with Crippen molar-refractivity contribution in [1.82, 2.24) is 0 Å². The van der Waals surface area contributed by atoms with Crippen molar-refractivity contribution in [2.45, 2.75) is 21.6 Å². The lowest BCUT2D eigenvalue weighted by Crippen LogP contribution is -2.29. The van der Waals surface area contributed by atoms with E-state index < -0.39 is 10.0 Å². The Balaban J connectivity index is 2.00. The summed E-state index contributed by atoms with van der Waals surface area (Å²) in [6, 6.07) is 17.5. The van der Waals surface area contributed by atoms with Crippen LogP contribution in [0.5, 0.6) is 0 Å². The zero-order valence-electron chi connectivity index (χ0n) is 13.8. The van der Waals surface area contributed by atoms with Crippen LogP contribution in [0.15, 0.2) is 75.4 Å². The Morgan fingerprint density at radius 1 is 0.962 bits per heavy atom. The van der Waals surface area contributed by atoms with Crippen LogP contribution in [0.1, 0.15) is 5.56 Å². The van der Waals surface area contributed by atoms with E-state index in [9.17, 15) is 8.42 Å². The van der Waals surface area contributed by atoms with Gasteiger partial charge >= 0.3 is 0 Å². The second-order valence-corrected chi connectivity index (χ2v) is 9.25. The summed E-state index contributed by atoms with van der Waals surface area (Å²) in [6.07, 6.45) is 0. The van der Waals surface area contributed by atoms with Gasteiger partial charge in [0.1, 0.15) is 0 Å². The predicted molar refractivity (Wildman–Crippen MR) is 107 cm³/mol. The van der Waals surface area contributed by atoms with Crippen molar-refractivity contribution >= 4 is 50.4 Å². The third-order valence-electron chi connectivity index (χ3n) is 4.16. The minimum atomic E-state index is -3.85. The van der Waals surface area contributed by atoms with Gasteiger partial charge in [-0.15, -0.1) is 0 Å². The lowest BCUT2D eigenvalue weighted by Gasteiger charge is -2.32. The van der Waals surface area contributed by atoms with Crippen LogP contribution in [-0.2, 0) is 10.0 Å². The van der Waals surface area contributed by atoms with Gasteiger partial charge in [0, 0.05) is 20.5 Å². The van der Waals surface area contributed by atoms with Crippen LogP contribution in [-0.4, -0.2) is 8.42 Å². The number of nitrogens with zero attached hydrogens (tertiary/aromatic N) is 1. The number of nitrogen functional groups attached to an aromatic ring is 1. The van der Waals surface area contributed by atoms with Crippen molar-refractivity contribution in [3.05, 3.63) is 71.2 Å². The molecule has 1 aliphatic heterocycles. The zero-order valence-corrected chi connectivity index (χ0v) is 16.2. The molecule has 0 unspecified atom stereocenters. The first-order chi connectivity index (χ1) is 12.4. The molecule has 0 radical (unpaired) electrons. The molecule has 132 valence electrons. The van der Waals surface area contributed by atoms with Gasteiger partial charge in [0.15, 0.2) is 0 Å². The van der Waals surface area contributed by atoms with Crippen molar-refractivity contribution in [3.8, 4) is 0 Å². The molecule has 3 aromatic rings. The van der Waals surface area contributed by atoms with Gasteiger partial charge in [-0.1, -0.05) is 35.5 Å². The van der Waals surface area contributed by atoms with Crippen LogP contribution >= 0.6 is 23.4 Å². The standard InChI is InChI=1S/C19H15ClN2O2S2/c1-12-10-14(21)7-9-19(12)26(23,24)22-15-4-2-3-5-17(15)25-18-8-6-13(20)11-16(18)22/h2-11H,21H2,1H3. The molecule has 1 aliphatic rings. The summed E-state index contributed by atoms with van der Waals surface area (Å²) in [6.45, 7) is 1.74. The van der Waals surface area contributed by atoms with Crippen LogP contribution in [0.3, 0.4) is 0 Å².